The SMILES string of the molecule is CC1=C(CN2CCOCC2)[NH2+]C(C(N)=NC=N)=C1C. The van der Waals surface area contributed by atoms with Gasteiger partial charge in [-0.05, 0) is 13.8 Å². The Hall–Kier alpha value is -1.50. The van der Waals surface area contributed by atoms with Crippen molar-refractivity contribution in [1.82, 2.24) is 4.90 Å². The number of nitrogens with one attached hydrogen (secondary N) is 1. The highest BCUT2D eigenvalue weighted by Gasteiger charge is 2.27. The fourth-order valence-corrected chi connectivity index (χ4v) is 2.40. The van der Waals surface area contributed by atoms with Gasteiger partial charge in [0, 0.05) is 24.2 Å². The summed E-state index contributed by atoms with van der Waals surface area (Å²) < 4.78 is 5.36. The Morgan fingerprint density at radius 3 is 2.74 bits per heavy atom. The molecule has 6 heteroatoms. The van der Waals surface area contributed by atoms with E-state index in [4.69, 9.17) is 15.9 Å². The van der Waals surface area contributed by atoms with E-state index in [0.717, 1.165) is 50.5 Å². The molecule has 0 unspecified atom stereocenters. The summed E-state index contributed by atoms with van der Waals surface area (Å²) in [7, 11) is 0. The molecular formula is C13H22N5O+. The first-order valence-corrected chi connectivity index (χ1v) is 6.52. The first-order chi connectivity index (χ1) is 9.13. The predicted octanol–water partition coefficient (Wildman–Crippen LogP) is -0.592. The number of ether oxygens (including phenoxy) is 1. The molecule has 2 aliphatic rings. The van der Waals surface area contributed by atoms with Crippen LogP contribution in [0.3, 0.4) is 0 Å². The maximum atomic E-state index is 7.00. The Morgan fingerprint density at radius 1 is 1.42 bits per heavy atom. The van der Waals surface area contributed by atoms with Gasteiger partial charge in [0.15, 0.2) is 11.5 Å². The van der Waals surface area contributed by atoms with Crippen LogP contribution in [0.1, 0.15) is 13.8 Å². The Balaban J connectivity index is 2.05. The fourth-order valence-electron chi connectivity index (χ4n) is 2.40. The van der Waals surface area contributed by atoms with Crippen LogP contribution in [0.5, 0.6) is 0 Å². The van der Waals surface area contributed by atoms with Crippen molar-refractivity contribution in [3.63, 3.8) is 0 Å². The molecule has 0 bridgehead atoms. The van der Waals surface area contributed by atoms with Gasteiger partial charge < -0.3 is 10.5 Å². The molecule has 0 aromatic rings. The molecule has 104 valence electrons. The van der Waals surface area contributed by atoms with Gasteiger partial charge >= 0.3 is 0 Å². The van der Waals surface area contributed by atoms with Crippen LogP contribution in [0.2, 0.25) is 0 Å². The Labute approximate surface area is 113 Å². The maximum absolute atomic E-state index is 7.00. The lowest BCUT2D eigenvalue weighted by atomic mass is 10.1. The molecule has 0 aliphatic carbocycles. The first-order valence-electron chi connectivity index (χ1n) is 6.52. The molecule has 0 aromatic carbocycles. The van der Waals surface area contributed by atoms with Gasteiger partial charge in [-0.25, -0.2) is 4.99 Å². The molecule has 2 rings (SSSR count). The van der Waals surface area contributed by atoms with Crippen molar-refractivity contribution < 1.29 is 10.1 Å². The summed E-state index contributed by atoms with van der Waals surface area (Å²) in [6, 6.07) is 0. The molecule has 0 aromatic heterocycles. The molecule has 2 aliphatic heterocycles. The van der Waals surface area contributed by atoms with E-state index in [0.29, 0.717) is 5.84 Å². The highest BCUT2D eigenvalue weighted by Crippen LogP contribution is 2.18. The fraction of sp³-hybridized carbons (Fsp3) is 0.538. The third-order valence-electron chi connectivity index (χ3n) is 3.74. The van der Waals surface area contributed by atoms with Crippen molar-refractivity contribution in [2.75, 3.05) is 32.8 Å². The molecule has 6 nitrogen and oxygen atoms in total. The van der Waals surface area contributed by atoms with Crippen LogP contribution in [0, 0.1) is 5.41 Å². The van der Waals surface area contributed by atoms with E-state index in [2.05, 4.69) is 29.1 Å². The maximum Gasteiger partial charge on any atom is 0.187 e. The zero-order chi connectivity index (χ0) is 13.8. The molecule has 0 amide bonds. The number of rotatable bonds is 4. The first kappa shape index (κ1) is 13.9. The highest BCUT2D eigenvalue weighted by molar-refractivity contribution is 5.99. The molecule has 0 radical (unpaired) electrons. The average Bonchev–Trinajstić information content (AvgIpc) is 2.69. The van der Waals surface area contributed by atoms with Gasteiger partial charge in [-0.15, -0.1) is 0 Å². The van der Waals surface area contributed by atoms with Gasteiger partial charge in [0.2, 0.25) is 0 Å². The average molecular weight is 264 g/mol. The van der Waals surface area contributed by atoms with E-state index < -0.39 is 0 Å². The van der Waals surface area contributed by atoms with Crippen LogP contribution in [0.15, 0.2) is 27.5 Å². The largest absolute Gasteiger partial charge is 0.379 e. The number of aliphatic imine (C=N–C) groups is 1. The number of hydrogen-bond acceptors (Lipinski definition) is 3. The standard InChI is InChI=1S/C13H21N5O/c1-9-10(2)12(13(15)16-8-14)17-11(9)7-18-3-5-19-6-4-18/h8,17H,3-7H2,1-2H3,(H3,14,15,16)/p+1. The van der Waals surface area contributed by atoms with Crippen molar-refractivity contribution in [3.8, 4) is 0 Å². The lowest BCUT2D eigenvalue weighted by Gasteiger charge is -2.26. The molecule has 5 N–H and O–H groups in total. The summed E-state index contributed by atoms with van der Waals surface area (Å²) in [5, 5.41) is 9.10. The highest BCUT2D eigenvalue weighted by atomic mass is 16.5. The summed E-state index contributed by atoms with van der Waals surface area (Å²) >= 11 is 0. The number of amidine groups is 1. The smallest absolute Gasteiger partial charge is 0.187 e. The third kappa shape index (κ3) is 3.09. The van der Waals surface area contributed by atoms with Crippen molar-refractivity contribution in [3.05, 3.63) is 22.5 Å². The van der Waals surface area contributed by atoms with Crippen LogP contribution >= 0.6 is 0 Å². The Kier molecular flexibility index (Phi) is 4.47. The summed E-state index contributed by atoms with van der Waals surface area (Å²) in [4.78, 5) is 6.25. The van der Waals surface area contributed by atoms with E-state index in [9.17, 15) is 0 Å². The van der Waals surface area contributed by atoms with E-state index in [1.54, 1.807) is 0 Å². The monoisotopic (exact) mass is 264 g/mol. The van der Waals surface area contributed by atoms with Gasteiger partial charge in [-0.3, -0.25) is 15.6 Å². The van der Waals surface area contributed by atoms with Gasteiger partial charge in [0.25, 0.3) is 0 Å². The predicted molar refractivity (Wildman–Crippen MR) is 75.0 cm³/mol. The van der Waals surface area contributed by atoms with Crippen molar-refractivity contribution >= 4 is 12.2 Å². The minimum Gasteiger partial charge on any atom is -0.379 e. The molecule has 0 spiro atoms. The minimum absolute atomic E-state index is 0.420. The Bertz CT molecular complexity index is 458. The lowest BCUT2D eigenvalue weighted by molar-refractivity contribution is -0.545. The summed E-state index contributed by atoms with van der Waals surface area (Å²) in [6.45, 7) is 8.66. The molecule has 2 heterocycles. The second kappa shape index (κ2) is 6.10. The number of hydrogen-bond donors (Lipinski definition) is 3. The second-order valence-corrected chi connectivity index (χ2v) is 4.87. The molecule has 19 heavy (non-hydrogen) atoms. The number of morpholine rings is 1. The summed E-state index contributed by atoms with van der Waals surface area (Å²) in [6.07, 6.45) is 0.985. The topological polar surface area (TPSA) is 91.3 Å². The molecule has 0 atom stereocenters. The van der Waals surface area contributed by atoms with E-state index in [1.807, 2.05) is 0 Å². The second-order valence-electron chi connectivity index (χ2n) is 4.87. The number of allylic oxidation sites excluding steroid dienone is 2. The number of quaternary nitrogens is 1. The summed E-state index contributed by atoms with van der Waals surface area (Å²) in [5.41, 5.74) is 10.6. The van der Waals surface area contributed by atoms with E-state index >= 15 is 0 Å². The third-order valence-corrected chi connectivity index (χ3v) is 3.74. The van der Waals surface area contributed by atoms with Crippen molar-refractivity contribution in [2.24, 2.45) is 10.7 Å². The van der Waals surface area contributed by atoms with Crippen LogP contribution in [-0.4, -0.2) is 49.9 Å². The number of nitrogens with zero attached hydrogens (tertiary/aromatic N) is 2. The van der Waals surface area contributed by atoms with Gasteiger partial charge in [-0.1, -0.05) is 0 Å². The molecular weight excluding hydrogens is 242 g/mol. The van der Waals surface area contributed by atoms with E-state index in [1.165, 1.54) is 11.3 Å². The minimum atomic E-state index is 0.420. The normalized spacial score (nSPS) is 22.3. The summed E-state index contributed by atoms with van der Waals surface area (Å²) in [5.74, 6) is 0.420. The van der Waals surface area contributed by atoms with Crippen molar-refractivity contribution in [2.45, 2.75) is 13.8 Å². The lowest BCUT2D eigenvalue weighted by Crippen LogP contribution is -2.82. The van der Waals surface area contributed by atoms with Crippen molar-refractivity contribution in [1.29, 1.82) is 5.41 Å². The van der Waals surface area contributed by atoms with Crippen LogP contribution < -0.4 is 11.1 Å². The molecule has 1 fully saturated rings. The van der Waals surface area contributed by atoms with Gasteiger partial charge in [0.1, 0.15) is 12.0 Å². The van der Waals surface area contributed by atoms with E-state index in [-0.39, 0.29) is 0 Å². The van der Waals surface area contributed by atoms with Gasteiger partial charge in [0.05, 0.1) is 19.8 Å². The molecule has 0 saturated carbocycles. The Morgan fingerprint density at radius 2 is 2.11 bits per heavy atom. The van der Waals surface area contributed by atoms with Crippen LogP contribution in [0.25, 0.3) is 0 Å². The number of nitrogens with two attached hydrogens (primary N) is 2. The van der Waals surface area contributed by atoms with Gasteiger partial charge in [-0.2, -0.15) is 0 Å². The molecule has 1 saturated heterocycles. The zero-order valence-electron chi connectivity index (χ0n) is 11.6. The zero-order valence-corrected chi connectivity index (χ0v) is 11.6. The quantitative estimate of drug-likeness (QED) is 0.468. The van der Waals surface area contributed by atoms with Crippen LogP contribution in [0.4, 0.5) is 0 Å². The van der Waals surface area contributed by atoms with Crippen LogP contribution in [-0.2, 0) is 4.74 Å².